The molecule has 0 rings (SSSR count). The van der Waals surface area contributed by atoms with Crippen LogP contribution >= 0.6 is 0 Å². The Balaban J connectivity index is 3.86. The van der Waals surface area contributed by atoms with E-state index in [2.05, 4.69) is 13.8 Å². The SMILES string of the molecule is CCC(CC)=C(C)N. The van der Waals surface area contributed by atoms with E-state index in [-0.39, 0.29) is 0 Å². The van der Waals surface area contributed by atoms with Crippen molar-refractivity contribution in [1.82, 2.24) is 0 Å². The zero-order valence-electron chi connectivity index (χ0n) is 5.99. The van der Waals surface area contributed by atoms with E-state index in [1.54, 1.807) is 0 Å². The van der Waals surface area contributed by atoms with E-state index in [9.17, 15) is 0 Å². The molecule has 0 radical (unpaired) electrons. The molecule has 0 aromatic carbocycles. The van der Waals surface area contributed by atoms with E-state index in [0.29, 0.717) is 0 Å². The summed E-state index contributed by atoms with van der Waals surface area (Å²) in [7, 11) is 0. The van der Waals surface area contributed by atoms with Gasteiger partial charge in [-0.05, 0) is 19.8 Å². The van der Waals surface area contributed by atoms with Crippen molar-refractivity contribution in [2.75, 3.05) is 0 Å². The van der Waals surface area contributed by atoms with Crippen molar-refractivity contribution < 1.29 is 0 Å². The molecule has 0 aliphatic rings. The zero-order valence-corrected chi connectivity index (χ0v) is 5.99. The van der Waals surface area contributed by atoms with Crippen LogP contribution in [0.5, 0.6) is 0 Å². The molecule has 0 bridgehead atoms. The smallest absolute Gasteiger partial charge is 0.00405 e. The fraction of sp³-hybridized carbons (Fsp3) is 0.714. The Morgan fingerprint density at radius 1 is 1.25 bits per heavy atom. The monoisotopic (exact) mass is 113 g/mol. The highest BCUT2D eigenvalue weighted by molar-refractivity contribution is 5.06. The van der Waals surface area contributed by atoms with Crippen molar-refractivity contribution in [3.63, 3.8) is 0 Å². The summed E-state index contributed by atoms with van der Waals surface area (Å²) < 4.78 is 0. The molecule has 8 heavy (non-hydrogen) atoms. The molecule has 0 saturated carbocycles. The van der Waals surface area contributed by atoms with Crippen molar-refractivity contribution in [1.29, 1.82) is 0 Å². The van der Waals surface area contributed by atoms with Crippen LogP contribution in [0.25, 0.3) is 0 Å². The van der Waals surface area contributed by atoms with Crippen molar-refractivity contribution in [3.05, 3.63) is 11.3 Å². The standard InChI is InChI=1S/C7H15N/c1-4-7(5-2)6(3)8/h4-5,8H2,1-3H3. The Labute approximate surface area is 51.6 Å². The third-order valence-corrected chi connectivity index (χ3v) is 1.41. The summed E-state index contributed by atoms with van der Waals surface area (Å²) in [6.07, 6.45) is 2.19. The Morgan fingerprint density at radius 2 is 1.62 bits per heavy atom. The van der Waals surface area contributed by atoms with Crippen LogP contribution in [0, 0.1) is 0 Å². The van der Waals surface area contributed by atoms with Gasteiger partial charge in [0, 0.05) is 5.70 Å². The molecule has 0 aromatic rings. The van der Waals surface area contributed by atoms with E-state index in [1.807, 2.05) is 6.92 Å². The minimum atomic E-state index is 0.995. The summed E-state index contributed by atoms with van der Waals surface area (Å²) in [4.78, 5) is 0. The molecule has 0 fully saturated rings. The molecule has 0 aromatic heterocycles. The van der Waals surface area contributed by atoms with Gasteiger partial charge in [0.15, 0.2) is 0 Å². The number of rotatable bonds is 2. The Kier molecular flexibility index (Phi) is 3.33. The van der Waals surface area contributed by atoms with Gasteiger partial charge >= 0.3 is 0 Å². The zero-order chi connectivity index (χ0) is 6.57. The van der Waals surface area contributed by atoms with E-state index in [0.717, 1.165) is 18.5 Å². The second-order valence-corrected chi connectivity index (χ2v) is 1.99. The summed E-state index contributed by atoms with van der Waals surface area (Å²) in [5.41, 5.74) is 7.91. The predicted molar refractivity (Wildman–Crippen MR) is 37.5 cm³/mol. The number of hydrogen-bond acceptors (Lipinski definition) is 1. The Bertz CT molecular complexity index is 82.6. The van der Waals surface area contributed by atoms with Crippen LogP contribution in [0.4, 0.5) is 0 Å². The molecule has 0 atom stereocenters. The summed E-state index contributed by atoms with van der Waals surface area (Å²) in [5, 5.41) is 0. The highest BCUT2D eigenvalue weighted by Crippen LogP contribution is 2.06. The first-order valence-corrected chi connectivity index (χ1v) is 3.16. The predicted octanol–water partition coefficient (Wildman–Crippen LogP) is 2.04. The van der Waals surface area contributed by atoms with E-state index in [4.69, 9.17) is 5.73 Å². The fourth-order valence-corrected chi connectivity index (χ4v) is 0.808. The highest BCUT2D eigenvalue weighted by Gasteiger charge is 1.90. The summed E-state index contributed by atoms with van der Waals surface area (Å²) in [6.45, 7) is 6.23. The van der Waals surface area contributed by atoms with Gasteiger partial charge in [-0.3, -0.25) is 0 Å². The molecule has 0 amide bonds. The van der Waals surface area contributed by atoms with Crippen LogP contribution in [0.2, 0.25) is 0 Å². The molecule has 1 nitrogen and oxygen atoms in total. The van der Waals surface area contributed by atoms with Crippen LogP contribution in [0.1, 0.15) is 33.6 Å². The molecule has 0 aliphatic heterocycles. The van der Waals surface area contributed by atoms with Crippen LogP contribution < -0.4 is 5.73 Å². The van der Waals surface area contributed by atoms with Crippen molar-refractivity contribution in [2.45, 2.75) is 33.6 Å². The average Bonchev–Trinajstić information content (AvgIpc) is 1.69. The molecule has 0 saturated heterocycles. The quantitative estimate of drug-likeness (QED) is 0.582. The summed E-state index contributed by atoms with van der Waals surface area (Å²) >= 11 is 0. The van der Waals surface area contributed by atoms with E-state index < -0.39 is 0 Å². The number of allylic oxidation sites excluding steroid dienone is 2. The van der Waals surface area contributed by atoms with Gasteiger partial charge in [0.1, 0.15) is 0 Å². The van der Waals surface area contributed by atoms with Gasteiger partial charge in [-0.1, -0.05) is 19.4 Å². The maximum Gasteiger partial charge on any atom is 0.00405 e. The van der Waals surface area contributed by atoms with Crippen molar-refractivity contribution in [3.8, 4) is 0 Å². The maximum absolute atomic E-state index is 5.54. The third-order valence-electron chi connectivity index (χ3n) is 1.41. The molecule has 0 spiro atoms. The molecule has 1 heteroatoms. The summed E-state index contributed by atoms with van der Waals surface area (Å²) in [5.74, 6) is 0. The second kappa shape index (κ2) is 3.53. The topological polar surface area (TPSA) is 26.0 Å². The van der Waals surface area contributed by atoms with E-state index >= 15 is 0 Å². The fourth-order valence-electron chi connectivity index (χ4n) is 0.808. The van der Waals surface area contributed by atoms with Crippen LogP contribution in [0.15, 0.2) is 11.3 Å². The Hall–Kier alpha value is -0.460. The van der Waals surface area contributed by atoms with Crippen molar-refractivity contribution >= 4 is 0 Å². The van der Waals surface area contributed by atoms with Gasteiger partial charge in [0.05, 0.1) is 0 Å². The molecule has 0 unspecified atom stereocenters. The van der Waals surface area contributed by atoms with Crippen LogP contribution in [-0.2, 0) is 0 Å². The lowest BCUT2D eigenvalue weighted by atomic mass is 10.1. The molecule has 2 N–H and O–H groups in total. The summed E-state index contributed by atoms with van der Waals surface area (Å²) in [6, 6.07) is 0. The minimum Gasteiger partial charge on any atom is -0.402 e. The van der Waals surface area contributed by atoms with Gasteiger partial charge in [-0.15, -0.1) is 0 Å². The van der Waals surface area contributed by atoms with Gasteiger partial charge in [0.2, 0.25) is 0 Å². The average molecular weight is 113 g/mol. The van der Waals surface area contributed by atoms with Crippen molar-refractivity contribution in [2.24, 2.45) is 5.73 Å². The molecular weight excluding hydrogens is 98.1 g/mol. The van der Waals surface area contributed by atoms with Gasteiger partial charge in [-0.2, -0.15) is 0 Å². The van der Waals surface area contributed by atoms with Crippen LogP contribution in [0.3, 0.4) is 0 Å². The molecule has 48 valence electrons. The third kappa shape index (κ3) is 2.01. The van der Waals surface area contributed by atoms with Gasteiger partial charge in [0.25, 0.3) is 0 Å². The molecular formula is C7H15N. The second-order valence-electron chi connectivity index (χ2n) is 1.99. The number of hydrogen-bond donors (Lipinski definition) is 1. The minimum absolute atomic E-state index is 0.995. The first-order valence-electron chi connectivity index (χ1n) is 3.16. The molecule has 0 aliphatic carbocycles. The highest BCUT2D eigenvalue weighted by atomic mass is 14.6. The number of nitrogens with two attached hydrogens (primary N) is 1. The Morgan fingerprint density at radius 3 is 1.62 bits per heavy atom. The molecule has 0 heterocycles. The van der Waals surface area contributed by atoms with E-state index in [1.165, 1.54) is 5.57 Å². The normalized spacial score (nSPS) is 8.88. The lowest BCUT2D eigenvalue weighted by Crippen LogP contribution is -1.96. The lowest BCUT2D eigenvalue weighted by Gasteiger charge is -2.00. The largest absolute Gasteiger partial charge is 0.402 e. The maximum atomic E-state index is 5.54. The first-order chi connectivity index (χ1) is 3.72. The first kappa shape index (κ1) is 7.54. The van der Waals surface area contributed by atoms with Gasteiger partial charge < -0.3 is 5.73 Å². The van der Waals surface area contributed by atoms with Gasteiger partial charge in [-0.25, -0.2) is 0 Å². The lowest BCUT2D eigenvalue weighted by molar-refractivity contribution is 0.937. The van der Waals surface area contributed by atoms with Crippen LogP contribution in [-0.4, -0.2) is 0 Å².